The van der Waals surface area contributed by atoms with Gasteiger partial charge in [-0.1, -0.05) is 0 Å². The highest BCUT2D eigenvalue weighted by molar-refractivity contribution is 7.86. The number of hydrogen-bond donors (Lipinski definition) is 3. The molecule has 1 amide bonds. The van der Waals surface area contributed by atoms with Crippen LogP contribution in [0.1, 0.15) is 13.8 Å². The molecule has 12 nitrogen and oxygen atoms in total. The zero-order valence-electron chi connectivity index (χ0n) is 15.1. The maximum Gasteiger partial charge on any atom is 0.296 e. The van der Waals surface area contributed by atoms with E-state index in [1.165, 1.54) is 6.92 Å². The minimum Gasteiger partial charge on any atom is -0.368 e. The second-order valence-electron chi connectivity index (χ2n) is 5.91. The number of hydrogen-bond acceptors (Lipinski definition) is 9. The van der Waals surface area contributed by atoms with Gasteiger partial charge in [0.15, 0.2) is 6.23 Å². The number of rotatable bonds is 5. The van der Waals surface area contributed by atoms with E-state index in [4.69, 9.17) is 4.55 Å². The van der Waals surface area contributed by atoms with Crippen LogP contribution in [0.3, 0.4) is 0 Å². The Morgan fingerprint density at radius 2 is 1.79 bits per heavy atom. The van der Waals surface area contributed by atoms with Crippen LogP contribution in [-0.4, -0.2) is 54.6 Å². The van der Waals surface area contributed by atoms with Crippen LogP contribution in [0.25, 0.3) is 0 Å². The summed E-state index contributed by atoms with van der Waals surface area (Å²) in [6.45, 7) is 3.00. The molecule has 0 fully saturated rings. The highest BCUT2D eigenvalue weighted by atomic mass is 32.2. The maximum absolute atomic E-state index is 12.2. The van der Waals surface area contributed by atoms with Gasteiger partial charge in [0.05, 0.1) is 11.0 Å². The van der Waals surface area contributed by atoms with Gasteiger partial charge in [0.25, 0.3) is 20.2 Å². The summed E-state index contributed by atoms with van der Waals surface area (Å²) >= 11 is 0. The topological polar surface area (TPSA) is 198 Å². The van der Waals surface area contributed by atoms with Crippen LogP contribution >= 0.6 is 0 Å². The molecule has 0 aromatic heterocycles. The van der Waals surface area contributed by atoms with Gasteiger partial charge in [-0.3, -0.25) is 13.9 Å². The van der Waals surface area contributed by atoms with Crippen LogP contribution in [0.2, 0.25) is 0 Å². The normalized spacial score (nSPS) is 21.0. The summed E-state index contributed by atoms with van der Waals surface area (Å²) in [7, 11) is -9.72. The summed E-state index contributed by atoms with van der Waals surface area (Å²) in [5.74, 6) is -1.86. The molecule has 1 heterocycles. The van der Waals surface area contributed by atoms with E-state index < -0.39 is 53.8 Å². The molecule has 1 aliphatic rings. The average Bonchev–Trinajstić information content (AvgIpc) is 2.60. The van der Waals surface area contributed by atoms with Crippen molar-refractivity contribution in [3.63, 3.8) is 0 Å². The smallest absolute Gasteiger partial charge is 0.296 e. The highest BCUT2D eigenvalue weighted by Gasteiger charge is 2.38. The Labute approximate surface area is 166 Å². The van der Waals surface area contributed by atoms with Crippen molar-refractivity contribution in [1.82, 2.24) is 4.90 Å². The maximum atomic E-state index is 12.2. The molecule has 1 aliphatic heterocycles. The molecule has 0 saturated carbocycles. The van der Waals surface area contributed by atoms with Crippen molar-refractivity contribution >= 4 is 31.8 Å². The van der Waals surface area contributed by atoms with Crippen molar-refractivity contribution in [1.29, 1.82) is 5.26 Å². The zero-order valence-corrected chi connectivity index (χ0v) is 16.7. The van der Waals surface area contributed by atoms with Crippen molar-refractivity contribution < 1.29 is 35.8 Å². The van der Waals surface area contributed by atoms with Crippen molar-refractivity contribution in [2.75, 3.05) is 6.54 Å². The molecule has 0 radical (unpaired) electrons. The molecular weight excluding hydrogens is 428 g/mol. The Kier molecular flexibility index (Phi) is 6.21. The van der Waals surface area contributed by atoms with Crippen molar-refractivity contribution in [2.45, 2.75) is 29.9 Å². The van der Waals surface area contributed by atoms with E-state index in [0.717, 1.165) is 17.0 Å². The minimum atomic E-state index is -4.96. The number of nitrogens with zero attached hydrogens (tertiary/aromatic N) is 4. The lowest BCUT2D eigenvalue weighted by Crippen LogP contribution is -2.48. The van der Waals surface area contributed by atoms with Crippen LogP contribution in [0.4, 0.5) is 5.69 Å². The predicted octanol–water partition coefficient (Wildman–Crippen LogP) is 0.858. The van der Waals surface area contributed by atoms with E-state index in [9.17, 15) is 36.6 Å². The van der Waals surface area contributed by atoms with Gasteiger partial charge < -0.3 is 10.0 Å². The van der Waals surface area contributed by atoms with Crippen molar-refractivity contribution in [3.05, 3.63) is 29.5 Å². The molecule has 2 unspecified atom stereocenters. The Balaban J connectivity index is 2.62. The Hall–Kier alpha value is -2.70. The Morgan fingerprint density at radius 1 is 1.17 bits per heavy atom. The largest absolute Gasteiger partial charge is 0.368 e. The summed E-state index contributed by atoms with van der Waals surface area (Å²) < 4.78 is 63.9. The standard InChI is InChI=1S/C15H16N4O8S2/c1-3-19-14(20)10(7-16)8(2)13(15(19)21)18-17-11-5-4-9(28(22,23)24)6-12(11)29(25,26)27/h4-6,10,15,21H,3H2,1-2H3,(H,22,23,24)(H,25,26,27). The van der Waals surface area contributed by atoms with Crippen LogP contribution in [0.15, 0.2) is 49.5 Å². The van der Waals surface area contributed by atoms with Gasteiger partial charge >= 0.3 is 0 Å². The fourth-order valence-corrected chi connectivity index (χ4v) is 3.86. The molecule has 2 atom stereocenters. The first-order valence-corrected chi connectivity index (χ1v) is 10.8. The number of aliphatic hydroxyl groups is 1. The monoisotopic (exact) mass is 444 g/mol. The summed E-state index contributed by atoms with van der Waals surface area (Å²) in [5.41, 5.74) is -0.583. The van der Waals surface area contributed by atoms with E-state index in [-0.39, 0.29) is 17.8 Å². The lowest BCUT2D eigenvalue weighted by atomic mass is 9.93. The van der Waals surface area contributed by atoms with Crippen molar-refractivity contribution in [3.8, 4) is 6.07 Å². The number of carbonyl (C=O) groups is 1. The third-order valence-electron chi connectivity index (χ3n) is 4.15. The SMILES string of the molecule is CCN1C(=O)C(C#N)C(C)=C(N=Nc2ccc(S(=O)(=O)O)cc2S(=O)(=O)O)C1O. The summed E-state index contributed by atoms with van der Waals surface area (Å²) in [6.07, 6.45) is -1.55. The van der Waals surface area contributed by atoms with Gasteiger partial charge in [0.1, 0.15) is 22.2 Å². The van der Waals surface area contributed by atoms with Gasteiger partial charge in [-0.25, -0.2) is 0 Å². The van der Waals surface area contributed by atoms with Gasteiger partial charge in [0.2, 0.25) is 5.91 Å². The molecule has 29 heavy (non-hydrogen) atoms. The van der Waals surface area contributed by atoms with Gasteiger partial charge in [-0.15, -0.1) is 5.11 Å². The first-order valence-electron chi connectivity index (χ1n) is 7.92. The molecule has 0 spiro atoms. The summed E-state index contributed by atoms with van der Waals surface area (Å²) in [5, 5.41) is 26.9. The molecule has 0 bridgehead atoms. The first kappa shape index (κ1) is 22.6. The lowest BCUT2D eigenvalue weighted by molar-refractivity contribution is -0.142. The molecule has 14 heteroatoms. The zero-order chi connectivity index (χ0) is 22.1. The molecule has 1 aromatic carbocycles. The van der Waals surface area contributed by atoms with E-state index >= 15 is 0 Å². The second kappa shape index (κ2) is 7.97. The molecule has 156 valence electrons. The third kappa shape index (κ3) is 4.49. The molecule has 3 N–H and O–H groups in total. The average molecular weight is 444 g/mol. The predicted molar refractivity (Wildman–Crippen MR) is 95.8 cm³/mol. The van der Waals surface area contributed by atoms with Crippen LogP contribution in [-0.2, 0) is 25.0 Å². The van der Waals surface area contributed by atoms with Gasteiger partial charge in [0, 0.05) is 6.54 Å². The number of benzene rings is 1. The van der Waals surface area contributed by atoms with Crippen LogP contribution in [0.5, 0.6) is 0 Å². The number of azo groups is 1. The Bertz CT molecular complexity index is 1170. The van der Waals surface area contributed by atoms with E-state index in [2.05, 4.69) is 10.2 Å². The van der Waals surface area contributed by atoms with E-state index in [1.807, 2.05) is 0 Å². The number of carbonyl (C=O) groups excluding carboxylic acids is 1. The van der Waals surface area contributed by atoms with Crippen LogP contribution in [0, 0.1) is 17.2 Å². The van der Waals surface area contributed by atoms with E-state index in [0.29, 0.717) is 6.07 Å². The number of likely N-dealkylation sites (N-methyl/N-ethyl adjacent to an activating group) is 1. The minimum absolute atomic E-state index is 0.0593. The van der Waals surface area contributed by atoms with Crippen molar-refractivity contribution in [2.24, 2.45) is 16.1 Å². The lowest BCUT2D eigenvalue weighted by Gasteiger charge is -2.34. The van der Waals surface area contributed by atoms with Gasteiger partial charge in [-0.05, 0) is 37.6 Å². The van der Waals surface area contributed by atoms with E-state index in [1.54, 1.807) is 13.0 Å². The molecule has 2 rings (SSSR count). The fraction of sp³-hybridized carbons (Fsp3) is 0.333. The molecule has 1 aromatic rings. The summed E-state index contributed by atoms with van der Waals surface area (Å²) in [4.78, 5) is 11.4. The first-order chi connectivity index (χ1) is 13.3. The highest BCUT2D eigenvalue weighted by Crippen LogP contribution is 2.32. The molecule has 0 saturated heterocycles. The number of nitriles is 1. The Morgan fingerprint density at radius 3 is 2.28 bits per heavy atom. The number of amides is 1. The number of aliphatic hydroxyl groups excluding tert-OH is 1. The fourth-order valence-electron chi connectivity index (χ4n) is 2.63. The van der Waals surface area contributed by atoms with Gasteiger partial charge in [-0.2, -0.15) is 27.2 Å². The summed E-state index contributed by atoms with van der Waals surface area (Å²) in [6, 6.07) is 3.96. The van der Waals surface area contributed by atoms with Crippen LogP contribution < -0.4 is 0 Å². The quantitative estimate of drug-likeness (QED) is 0.435. The third-order valence-corrected chi connectivity index (χ3v) is 5.88. The second-order valence-corrected chi connectivity index (χ2v) is 8.72. The molecular formula is C15H16N4O8S2. The molecule has 0 aliphatic carbocycles.